The second-order valence-corrected chi connectivity index (χ2v) is 4.65. The highest BCUT2D eigenvalue weighted by Gasteiger charge is 2.24. The molecule has 0 amide bonds. The van der Waals surface area contributed by atoms with Crippen molar-refractivity contribution in [2.45, 2.75) is 31.7 Å². The quantitative estimate of drug-likeness (QED) is 0.884. The van der Waals surface area contributed by atoms with Crippen LogP contribution in [0.15, 0.2) is 18.2 Å². The third kappa shape index (κ3) is 1.72. The zero-order valence-corrected chi connectivity index (χ0v) is 9.69. The van der Waals surface area contributed by atoms with Gasteiger partial charge in [-0.25, -0.2) is 9.37 Å². The van der Waals surface area contributed by atoms with E-state index in [0.717, 1.165) is 23.3 Å². The molecule has 1 aromatic heterocycles. The van der Waals surface area contributed by atoms with Gasteiger partial charge in [0, 0.05) is 12.5 Å². The van der Waals surface area contributed by atoms with Crippen molar-refractivity contribution in [1.29, 1.82) is 0 Å². The smallest absolute Gasteiger partial charge is 0.125 e. The third-order valence-electron chi connectivity index (χ3n) is 3.53. The standard InChI is InChI=1S/C13H16FN3/c14-9-4-5-11-12(8-9)17(10-2-1-3-10)13(16-11)6-7-15/h4-5,8,10H,1-3,6-7,15H2. The summed E-state index contributed by atoms with van der Waals surface area (Å²) in [5, 5.41) is 0. The maximum Gasteiger partial charge on any atom is 0.125 e. The molecule has 2 N–H and O–H groups in total. The van der Waals surface area contributed by atoms with E-state index in [1.165, 1.54) is 25.3 Å². The van der Waals surface area contributed by atoms with Gasteiger partial charge in [-0.15, -0.1) is 0 Å². The molecule has 0 aliphatic heterocycles. The van der Waals surface area contributed by atoms with E-state index < -0.39 is 0 Å². The Morgan fingerprint density at radius 1 is 1.41 bits per heavy atom. The highest BCUT2D eigenvalue weighted by atomic mass is 19.1. The maximum atomic E-state index is 13.3. The second kappa shape index (κ2) is 4.11. The van der Waals surface area contributed by atoms with Gasteiger partial charge in [-0.1, -0.05) is 0 Å². The van der Waals surface area contributed by atoms with Gasteiger partial charge in [-0.3, -0.25) is 0 Å². The molecule has 0 unspecified atom stereocenters. The molecule has 2 aromatic rings. The monoisotopic (exact) mass is 233 g/mol. The fraction of sp³-hybridized carbons (Fsp3) is 0.462. The molecule has 1 aliphatic rings. The summed E-state index contributed by atoms with van der Waals surface area (Å²) >= 11 is 0. The summed E-state index contributed by atoms with van der Waals surface area (Å²) in [5.41, 5.74) is 7.40. The van der Waals surface area contributed by atoms with Crippen LogP contribution in [0.5, 0.6) is 0 Å². The summed E-state index contributed by atoms with van der Waals surface area (Å²) in [7, 11) is 0. The van der Waals surface area contributed by atoms with Crippen LogP contribution in [0.3, 0.4) is 0 Å². The first-order valence-electron chi connectivity index (χ1n) is 6.16. The molecule has 1 saturated carbocycles. The number of rotatable bonds is 3. The van der Waals surface area contributed by atoms with Crippen LogP contribution >= 0.6 is 0 Å². The molecular formula is C13H16FN3. The first-order valence-corrected chi connectivity index (χ1v) is 6.16. The number of nitrogens with zero attached hydrogens (tertiary/aromatic N) is 2. The van der Waals surface area contributed by atoms with Gasteiger partial charge in [0.1, 0.15) is 11.6 Å². The third-order valence-corrected chi connectivity index (χ3v) is 3.53. The van der Waals surface area contributed by atoms with Crippen LogP contribution in [-0.4, -0.2) is 16.1 Å². The van der Waals surface area contributed by atoms with Crippen molar-refractivity contribution in [3.8, 4) is 0 Å². The molecule has 17 heavy (non-hydrogen) atoms. The molecule has 1 heterocycles. The van der Waals surface area contributed by atoms with E-state index in [0.29, 0.717) is 12.6 Å². The van der Waals surface area contributed by atoms with Crippen molar-refractivity contribution in [3.63, 3.8) is 0 Å². The first kappa shape index (κ1) is 10.7. The Kier molecular flexibility index (Phi) is 2.59. The lowest BCUT2D eigenvalue weighted by atomic mass is 9.92. The van der Waals surface area contributed by atoms with Gasteiger partial charge >= 0.3 is 0 Å². The predicted octanol–water partition coefficient (Wildman–Crippen LogP) is 2.40. The Hall–Kier alpha value is -1.42. The normalized spacial score (nSPS) is 16.4. The predicted molar refractivity (Wildman–Crippen MR) is 65.3 cm³/mol. The molecule has 0 spiro atoms. The van der Waals surface area contributed by atoms with Crippen molar-refractivity contribution >= 4 is 11.0 Å². The average molecular weight is 233 g/mol. The summed E-state index contributed by atoms with van der Waals surface area (Å²) in [5.74, 6) is 0.801. The molecule has 3 nitrogen and oxygen atoms in total. The molecule has 1 aliphatic carbocycles. The molecule has 0 bridgehead atoms. The van der Waals surface area contributed by atoms with Crippen LogP contribution in [0, 0.1) is 5.82 Å². The minimum atomic E-state index is -0.197. The minimum absolute atomic E-state index is 0.197. The van der Waals surface area contributed by atoms with Gasteiger partial charge in [-0.05, 0) is 44.0 Å². The lowest BCUT2D eigenvalue weighted by Crippen LogP contribution is -2.20. The number of aromatic nitrogens is 2. The Balaban J connectivity index is 2.17. The highest BCUT2D eigenvalue weighted by Crippen LogP contribution is 2.35. The maximum absolute atomic E-state index is 13.3. The molecule has 1 fully saturated rings. The summed E-state index contributed by atoms with van der Waals surface area (Å²) in [4.78, 5) is 4.56. The van der Waals surface area contributed by atoms with Crippen molar-refractivity contribution in [3.05, 3.63) is 29.8 Å². The summed E-state index contributed by atoms with van der Waals surface area (Å²) < 4.78 is 15.5. The van der Waals surface area contributed by atoms with Crippen molar-refractivity contribution in [2.24, 2.45) is 5.73 Å². The molecule has 0 radical (unpaired) electrons. The SMILES string of the molecule is NCCc1nc2ccc(F)cc2n1C1CCC1. The van der Waals surface area contributed by atoms with Crippen LogP contribution in [0.2, 0.25) is 0 Å². The number of fused-ring (bicyclic) bond motifs is 1. The Morgan fingerprint density at radius 2 is 2.24 bits per heavy atom. The Bertz CT molecular complexity index is 543. The molecule has 1 aromatic carbocycles. The van der Waals surface area contributed by atoms with E-state index in [1.54, 1.807) is 12.1 Å². The summed E-state index contributed by atoms with van der Waals surface area (Å²) in [6, 6.07) is 5.29. The second-order valence-electron chi connectivity index (χ2n) is 4.65. The van der Waals surface area contributed by atoms with Crippen LogP contribution in [-0.2, 0) is 6.42 Å². The average Bonchev–Trinajstić information content (AvgIpc) is 2.56. The zero-order chi connectivity index (χ0) is 11.8. The van der Waals surface area contributed by atoms with E-state index in [4.69, 9.17) is 5.73 Å². The Morgan fingerprint density at radius 3 is 2.88 bits per heavy atom. The summed E-state index contributed by atoms with van der Waals surface area (Å²) in [6.07, 6.45) is 4.34. The number of hydrogen-bond donors (Lipinski definition) is 1. The molecule has 0 saturated heterocycles. The minimum Gasteiger partial charge on any atom is -0.330 e. The van der Waals surface area contributed by atoms with Crippen LogP contribution < -0.4 is 5.73 Å². The van der Waals surface area contributed by atoms with E-state index in [1.807, 2.05) is 0 Å². The van der Waals surface area contributed by atoms with Gasteiger partial charge in [0.15, 0.2) is 0 Å². The molecule has 4 heteroatoms. The zero-order valence-electron chi connectivity index (χ0n) is 9.69. The fourth-order valence-electron chi connectivity index (χ4n) is 2.47. The number of nitrogens with two attached hydrogens (primary N) is 1. The van der Waals surface area contributed by atoms with Gasteiger partial charge in [0.2, 0.25) is 0 Å². The van der Waals surface area contributed by atoms with Crippen LogP contribution in [0.25, 0.3) is 11.0 Å². The highest BCUT2D eigenvalue weighted by molar-refractivity contribution is 5.76. The lowest BCUT2D eigenvalue weighted by Gasteiger charge is -2.29. The van der Waals surface area contributed by atoms with E-state index in [2.05, 4.69) is 9.55 Å². The topological polar surface area (TPSA) is 43.8 Å². The van der Waals surface area contributed by atoms with Gasteiger partial charge < -0.3 is 10.3 Å². The van der Waals surface area contributed by atoms with E-state index in [-0.39, 0.29) is 5.82 Å². The van der Waals surface area contributed by atoms with Crippen LogP contribution in [0.1, 0.15) is 31.1 Å². The number of imidazole rings is 1. The van der Waals surface area contributed by atoms with Gasteiger partial charge in [0.05, 0.1) is 11.0 Å². The summed E-state index contributed by atoms with van der Waals surface area (Å²) in [6.45, 7) is 0.582. The number of halogens is 1. The van der Waals surface area contributed by atoms with Crippen molar-refractivity contribution in [2.75, 3.05) is 6.54 Å². The van der Waals surface area contributed by atoms with Gasteiger partial charge in [-0.2, -0.15) is 0 Å². The van der Waals surface area contributed by atoms with E-state index >= 15 is 0 Å². The molecule has 90 valence electrons. The van der Waals surface area contributed by atoms with Crippen molar-refractivity contribution in [1.82, 2.24) is 9.55 Å². The Labute approximate surface area is 99.4 Å². The molecule has 0 atom stereocenters. The van der Waals surface area contributed by atoms with Crippen LogP contribution in [0.4, 0.5) is 4.39 Å². The largest absolute Gasteiger partial charge is 0.330 e. The lowest BCUT2D eigenvalue weighted by molar-refractivity contribution is 0.313. The van der Waals surface area contributed by atoms with Crippen molar-refractivity contribution < 1.29 is 4.39 Å². The number of benzene rings is 1. The first-order chi connectivity index (χ1) is 8.29. The molecular weight excluding hydrogens is 217 g/mol. The van der Waals surface area contributed by atoms with Gasteiger partial charge in [0.25, 0.3) is 0 Å². The van der Waals surface area contributed by atoms with E-state index in [9.17, 15) is 4.39 Å². The fourth-order valence-corrected chi connectivity index (χ4v) is 2.47. The number of hydrogen-bond acceptors (Lipinski definition) is 2. The molecule has 3 rings (SSSR count).